The van der Waals surface area contributed by atoms with Gasteiger partial charge in [0.25, 0.3) is 5.89 Å². The molecule has 4 rings (SSSR count). The summed E-state index contributed by atoms with van der Waals surface area (Å²) < 4.78 is 12.4. The van der Waals surface area contributed by atoms with Crippen LogP contribution < -0.4 is 0 Å². The summed E-state index contributed by atoms with van der Waals surface area (Å²) in [7, 11) is 0. The number of hydrogen-bond acceptors (Lipinski definition) is 6. The standard InChI is InChI=1S/C21H17ClN4O3/c1-13-7-6-8-15(11-13)20-24-23-17(29-20)12-28-21(27)18-14(2)25-26(19(18)22)16-9-4-3-5-10-16/h3-11H,12H2,1-2H3. The number of esters is 1. The average Bonchev–Trinajstić information content (AvgIpc) is 3.31. The lowest BCUT2D eigenvalue weighted by atomic mass is 10.1. The number of carbonyl (C=O) groups excluding carboxylic acids is 1. The highest BCUT2D eigenvalue weighted by Crippen LogP contribution is 2.25. The molecule has 0 atom stereocenters. The summed E-state index contributed by atoms with van der Waals surface area (Å²) in [4.78, 5) is 12.6. The Labute approximate surface area is 171 Å². The fourth-order valence-electron chi connectivity index (χ4n) is 2.88. The van der Waals surface area contributed by atoms with E-state index in [-0.39, 0.29) is 23.2 Å². The minimum absolute atomic E-state index is 0.163. The van der Waals surface area contributed by atoms with E-state index in [1.165, 1.54) is 4.68 Å². The largest absolute Gasteiger partial charge is 0.452 e. The zero-order valence-electron chi connectivity index (χ0n) is 15.8. The average molecular weight is 409 g/mol. The van der Waals surface area contributed by atoms with Crippen LogP contribution in [0.2, 0.25) is 5.15 Å². The maximum atomic E-state index is 12.6. The van der Waals surface area contributed by atoms with Crippen LogP contribution in [0.3, 0.4) is 0 Å². The van der Waals surface area contributed by atoms with Crippen molar-refractivity contribution in [3.8, 4) is 17.1 Å². The fraction of sp³-hybridized carbons (Fsp3) is 0.143. The van der Waals surface area contributed by atoms with Crippen LogP contribution >= 0.6 is 11.6 Å². The number of carbonyl (C=O) groups is 1. The molecule has 0 saturated carbocycles. The molecule has 2 aromatic carbocycles. The minimum atomic E-state index is -0.606. The van der Waals surface area contributed by atoms with Crippen molar-refractivity contribution in [3.63, 3.8) is 0 Å². The number of rotatable bonds is 5. The molecule has 0 aliphatic rings. The van der Waals surface area contributed by atoms with Gasteiger partial charge in [-0.05, 0) is 38.1 Å². The summed E-state index contributed by atoms with van der Waals surface area (Å²) >= 11 is 6.39. The molecule has 0 saturated heterocycles. The Bertz CT molecular complexity index is 1170. The van der Waals surface area contributed by atoms with Gasteiger partial charge >= 0.3 is 5.97 Å². The predicted molar refractivity (Wildman–Crippen MR) is 107 cm³/mol. The fourth-order valence-corrected chi connectivity index (χ4v) is 3.23. The van der Waals surface area contributed by atoms with E-state index in [0.29, 0.717) is 11.6 Å². The van der Waals surface area contributed by atoms with E-state index in [1.807, 2.05) is 61.5 Å². The molecule has 0 bridgehead atoms. The van der Waals surface area contributed by atoms with E-state index in [9.17, 15) is 4.79 Å². The number of hydrogen-bond donors (Lipinski definition) is 0. The van der Waals surface area contributed by atoms with Gasteiger partial charge in [0, 0.05) is 5.56 Å². The van der Waals surface area contributed by atoms with E-state index < -0.39 is 5.97 Å². The number of aryl methyl sites for hydroxylation is 2. The van der Waals surface area contributed by atoms with Crippen molar-refractivity contribution in [2.75, 3.05) is 0 Å². The highest BCUT2D eigenvalue weighted by atomic mass is 35.5. The number of benzene rings is 2. The van der Waals surface area contributed by atoms with E-state index in [1.54, 1.807) is 6.92 Å². The first kappa shape index (κ1) is 18.9. The highest BCUT2D eigenvalue weighted by molar-refractivity contribution is 6.33. The maximum absolute atomic E-state index is 12.6. The second-order valence-electron chi connectivity index (χ2n) is 6.45. The number of halogens is 1. The Hall–Kier alpha value is -3.45. The second-order valence-corrected chi connectivity index (χ2v) is 6.80. The van der Waals surface area contributed by atoms with Gasteiger partial charge < -0.3 is 9.15 Å². The first-order chi connectivity index (χ1) is 14.0. The second kappa shape index (κ2) is 7.89. The molecule has 0 fully saturated rings. The molecular weight excluding hydrogens is 392 g/mol. The molecule has 4 aromatic rings. The molecular formula is C21H17ClN4O3. The van der Waals surface area contributed by atoms with Crippen molar-refractivity contribution in [2.24, 2.45) is 0 Å². The van der Waals surface area contributed by atoms with Gasteiger partial charge in [0.2, 0.25) is 5.89 Å². The quantitative estimate of drug-likeness (QED) is 0.450. The Morgan fingerprint density at radius 2 is 1.90 bits per heavy atom. The van der Waals surface area contributed by atoms with Crippen molar-refractivity contribution in [3.05, 3.63) is 82.5 Å². The van der Waals surface area contributed by atoms with Crippen LogP contribution in [0.1, 0.15) is 27.5 Å². The lowest BCUT2D eigenvalue weighted by Gasteiger charge is -2.03. The molecule has 0 spiro atoms. The zero-order valence-corrected chi connectivity index (χ0v) is 16.6. The zero-order chi connectivity index (χ0) is 20.4. The molecule has 0 N–H and O–H groups in total. The summed E-state index contributed by atoms with van der Waals surface area (Å²) in [6.45, 7) is 3.51. The van der Waals surface area contributed by atoms with Crippen molar-refractivity contribution in [1.82, 2.24) is 20.0 Å². The third kappa shape index (κ3) is 3.90. The van der Waals surface area contributed by atoms with Crippen molar-refractivity contribution in [2.45, 2.75) is 20.5 Å². The normalized spacial score (nSPS) is 10.9. The van der Waals surface area contributed by atoms with Gasteiger partial charge in [0.1, 0.15) is 10.7 Å². The minimum Gasteiger partial charge on any atom is -0.452 e. The van der Waals surface area contributed by atoms with Crippen LogP contribution in [0.15, 0.2) is 59.0 Å². The van der Waals surface area contributed by atoms with E-state index in [0.717, 1.165) is 16.8 Å². The maximum Gasteiger partial charge on any atom is 0.343 e. The van der Waals surface area contributed by atoms with E-state index in [4.69, 9.17) is 20.8 Å². The molecule has 0 radical (unpaired) electrons. The summed E-state index contributed by atoms with van der Waals surface area (Å²) in [5.74, 6) is -0.0464. The van der Waals surface area contributed by atoms with Gasteiger partial charge in [-0.25, -0.2) is 9.48 Å². The van der Waals surface area contributed by atoms with Gasteiger partial charge in [-0.15, -0.1) is 10.2 Å². The van der Waals surface area contributed by atoms with Crippen LogP contribution in [-0.2, 0) is 11.3 Å². The van der Waals surface area contributed by atoms with Gasteiger partial charge in [-0.2, -0.15) is 5.10 Å². The van der Waals surface area contributed by atoms with Gasteiger partial charge in [0.15, 0.2) is 6.61 Å². The SMILES string of the molecule is Cc1cccc(-c2nnc(COC(=O)c3c(C)nn(-c4ccccc4)c3Cl)o2)c1. The summed E-state index contributed by atoms with van der Waals surface area (Å²) in [5, 5.41) is 12.5. The van der Waals surface area contributed by atoms with Crippen molar-refractivity contribution < 1.29 is 13.9 Å². The van der Waals surface area contributed by atoms with E-state index >= 15 is 0 Å². The summed E-state index contributed by atoms with van der Waals surface area (Å²) in [6, 6.07) is 17.0. The summed E-state index contributed by atoms with van der Waals surface area (Å²) in [6.07, 6.45) is 0. The highest BCUT2D eigenvalue weighted by Gasteiger charge is 2.23. The van der Waals surface area contributed by atoms with Crippen molar-refractivity contribution in [1.29, 1.82) is 0 Å². The smallest absolute Gasteiger partial charge is 0.343 e. The molecule has 146 valence electrons. The van der Waals surface area contributed by atoms with Crippen LogP contribution in [0.4, 0.5) is 0 Å². The molecule has 0 amide bonds. The Balaban J connectivity index is 1.49. The van der Waals surface area contributed by atoms with E-state index in [2.05, 4.69) is 15.3 Å². The lowest BCUT2D eigenvalue weighted by molar-refractivity contribution is 0.0438. The van der Waals surface area contributed by atoms with Crippen LogP contribution in [-0.4, -0.2) is 25.9 Å². The first-order valence-corrected chi connectivity index (χ1v) is 9.28. The molecule has 0 unspecified atom stereocenters. The van der Waals surface area contributed by atoms with Gasteiger partial charge in [-0.1, -0.05) is 47.5 Å². The molecule has 2 aromatic heterocycles. The Morgan fingerprint density at radius 3 is 2.66 bits per heavy atom. The monoisotopic (exact) mass is 408 g/mol. The third-order valence-electron chi connectivity index (χ3n) is 4.27. The number of ether oxygens (including phenoxy) is 1. The van der Waals surface area contributed by atoms with Crippen LogP contribution in [0.25, 0.3) is 17.1 Å². The predicted octanol–water partition coefficient (Wildman–Crippen LogP) is 4.55. The van der Waals surface area contributed by atoms with Crippen LogP contribution in [0, 0.1) is 13.8 Å². The number of para-hydroxylation sites is 1. The third-order valence-corrected chi connectivity index (χ3v) is 4.62. The Morgan fingerprint density at radius 1 is 1.10 bits per heavy atom. The van der Waals surface area contributed by atoms with Gasteiger partial charge in [0.05, 0.1) is 11.4 Å². The lowest BCUT2D eigenvalue weighted by Crippen LogP contribution is -2.07. The Kier molecular flexibility index (Phi) is 5.14. The molecule has 2 heterocycles. The molecule has 7 nitrogen and oxygen atoms in total. The molecule has 0 aliphatic heterocycles. The number of nitrogens with zero attached hydrogens (tertiary/aromatic N) is 4. The van der Waals surface area contributed by atoms with Crippen LogP contribution in [0.5, 0.6) is 0 Å². The van der Waals surface area contributed by atoms with Gasteiger partial charge in [-0.3, -0.25) is 0 Å². The number of aromatic nitrogens is 4. The van der Waals surface area contributed by atoms with Crippen molar-refractivity contribution >= 4 is 17.6 Å². The molecule has 8 heteroatoms. The summed E-state index contributed by atoms with van der Waals surface area (Å²) in [5.41, 5.74) is 3.30. The molecule has 29 heavy (non-hydrogen) atoms. The topological polar surface area (TPSA) is 83.0 Å². The first-order valence-electron chi connectivity index (χ1n) is 8.90. The molecule has 0 aliphatic carbocycles.